The number of nitrogens with zero attached hydrogens (tertiary/aromatic N) is 2. The number of fused-ring (bicyclic) bond motifs is 5. The van der Waals surface area contributed by atoms with Crippen LogP contribution in [0, 0.1) is 0 Å². The number of hydrogen-bond donors (Lipinski definition) is 0. The van der Waals surface area contributed by atoms with Gasteiger partial charge < -0.3 is 23.7 Å². The molecule has 0 unspecified atom stereocenters. The van der Waals surface area contributed by atoms with Crippen molar-refractivity contribution in [2.75, 3.05) is 4.90 Å². The van der Waals surface area contributed by atoms with Crippen molar-refractivity contribution < 1.29 is 14.2 Å². The smallest absolute Gasteiger partial charge is 0.270 e. The van der Waals surface area contributed by atoms with Crippen molar-refractivity contribution in [1.82, 2.24) is 4.57 Å². The summed E-state index contributed by atoms with van der Waals surface area (Å²) in [6.07, 6.45) is 0. The zero-order valence-corrected chi connectivity index (χ0v) is 28.0. The van der Waals surface area contributed by atoms with E-state index in [-0.39, 0.29) is 12.1 Å². The second kappa shape index (κ2) is 9.43. The topological polar surface area (TPSA) is 35.9 Å². The molecule has 8 aromatic rings. The molecule has 12 rings (SSSR count). The molecule has 0 aliphatic carbocycles. The average molecular weight is 657 g/mol. The first kappa shape index (κ1) is 27.4. The maximum absolute atomic E-state index is 6.79. The Labute approximate surface area is 294 Å². The Hall–Kier alpha value is -6.40. The Bertz CT molecular complexity index is 2760. The molecule has 0 fully saturated rings. The van der Waals surface area contributed by atoms with Crippen LogP contribution in [0.1, 0.15) is 25.0 Å². The fourth-order valence-corrected chi connectivity index (χ4v) is 9.23. The van der Waals surface area contributed by atoms with Gasteiger partial charge in [-0.3, -0.25) is 0 Å². The highest BCUT2D eigenvalue weighted by Gasteiger charge is 2.47. The molecule has 51 heavy (non-hydrogen) atoms. The van der Waals surface area contributed by atoms with Crippen molar-refractivity contribution >= 4 is 62.0 Å². The molecule has 0 bridgehead atoms. The van der Waals surface area contributed by atoms with E-state index in [0.29, 0.717) is 0 Å². The molecule has 0 N–H and O–H groups in total. The largest absolute Gasteiger partial charge is 0.458 e. The fraction of sp³-hybridized carbons (Fsp3) is 0.0667. The fourth-order valence-electron chi connectivity index (χ4n) is 9.23. The van der Waals surface area contributed by atoms with Gasteiger partial charge in [0.1, 0.15) is 34.5 Å². The summed E-state index contributed by atoms with van der Waals surface area (Å²) in [5.74, 6) is 4.94. The molecule has 0 atom stereocenters. The van der Waals surface area contributed by atoms with Crippen LogP contribution in [0.25, 0.3) is 27.5 Å². The summed E-state index contributed by atoms with van der Waals surface area (Å²) >= 11 is 0. The molecular weight excluding hydrogens is 627 g/mol. The molecule has 5 nitrogen and oxygen atoms in total. The first-order chi connectivity index (χ1) is 25.0. The number of anilines is 3. The van der Waals surface area contributed by atoms with Crippen LogP contribution in [-0.2, 0) is 5.41 Å². The molecule has 4 aliphatic rings. The lowest BCUT2D eigenvalue weighted by molar-refractivity contribution is 0.443. The molecule has 7 aromatic carbocycles. The van der Waals surface area contributed by atoms with Gasteiger partial charge in [0.05, 0.1) is 28.1 Å². The standard InChI is InChI=1S/C45H29BN2O3/c1-45(2)30-15-7-9-17-33(30)48(35-25-34-29(24-31(35)45)28-14-6-8-16-32(28)47(34)26-12-4-3-5-13-26)27-22-40-44-41(23-27)51-39-21-11-19-37-43(39)46(44)42-36(49-37)18-10-20-38(42)50-40/h3-25H,1-2H3. The van der Waals surface area contributed by atoms with Gasteiger partial charge in [0.15, 0.2) is 0 Å². The summed E-state index contributed by atoms with van der Waals surface area (Å²) in [6, 6.07) is 49.6. The molecule has 0 saturated carbocycles. The van der Waals surface area contributed by atoms with Gasteiger partial charge in [0, 0.05) is 50.4 Å². The SMILES string of the molecule is CC1(C)c2ccccc2N(c2cc3c4c(c2)Oc2cccc5c2B4c2c(cccc2O3)O5)c2cc3c(cc21)c1ccccc1n3-c1ccccc1. The Morgan fingerprint density at radius 2 is 1.04 bits per heavy atom. The van der Waals surface area contributed by atoms with Crippen LogP contribution in [0.4, 0.5) is 17.1 Å². The van der Waals surface area contributed by atoms with Gasteiger partial charge in [-0.05, 0) is 71.8 Å². The lowest BCUT2D eigenvalue weighted by atomic mass is 9.34. The van der Waals surface area contributed by atoms with E-state index >= 15 is 0 Å². The zero-order valence-electron chi connectivity index (χ0n) is 28.0. The minimum atomic E-state index is -0.255. The first-order valence-corrected chi connectivity index (χ1v) is 17.5. The normalized spacial score (nSPS) is 15.0. The number of rotatable bonds is 2. The molecule has 0 spiro atoms. The van der Waals surface area contributed by atoms with Crippen molar-refractivity contribution in [2.24, 2.45) is 0 Å². The predicted molar refractivity (Wildman–Crippen MR) is 205 cm³/mol. The summed E-state index contributed by atoms with van der Waals surface area (Å²) < 4.78 is 22.4. The summed E-state index contributed by atoms with van der Waals surface area (Å²) in [6.45, 7) is 4.67. The predicted octanol–water partition coefficient (Wildman–Crippen LogP) is 9.73. The minimum Gasteiger partial charge on any atom is -0.458 e. The Morgan fingerprint density at radius 3 is 1.75 bits per heavy atom. The van der Waals surface area contributed by atoms with Crippen LogP contribution in [0.3, 0.4) is 0 Å². The number of hydrogen-bond acceptors (Lipinski definition) is 4. The van der Waals surface area contributed by atoms with Crippen molar-refractivity contribution in [3.63, 3.8) is 0 Å². The van der Waals surface area contributed by atoms with Crippen molar-refractivity contribution in [3.8, 4) is 40.2 Å². The summed E-state index contributed by atoms with van der Waals surface area (Å²) in [4.78, 5) is 2.41. The van der Waals surface area contributed by atoms with Gasteiger partial charge >= 0.3 is 0 Å². The van der Waals surface area contributed by atoms with Gasteiger partial charge in [-0.1, -0.05) is 80.6 Å². The lowest BCUT2D eigenvalue weighted by Crippen LogP contribution is -2.59. The van der Waals surface area contributed by atoms with Gasteiger partial charge in [-0.25, -0.2) is 0 Å². The maximum atomic E-state index is 6.79. The Kier molecular flexibility index (Phi) is 5.07. The van der Waals surface area contributed by atoms with E-state index in [0.717, 1.165) is 73.6 Å². The highest BCUT2D eigenvalue weighted by Crippen LogP contribution is 2.55. The Balaban J connectivity index is 1.15. The molecule has 0 saturated heterocycles. The molecule has 0 radical (unpaired) electrons. The van der Waals surface area contributed by atoms with Gasteiger partial charge in [0.25, 0.3) is 6.71 Å². The van der Waals surface area contributed by atoms with E-state index < -0.39 is 0 Å². The second-order valence-corrected chi connectivity index (χ2v) is 14.5. The van der Waals surface area contributed by atoms with Crippen molar-refractivity contribution in [3.05, 3.63) is 151 Å². The zero-order chi connectivity index (χ0) is 33.6. The van der Waals surface area contributed by atoms with Crippen LogP contribution < -0.4 is 35.5 Å². The highest BCUT2D eigenvalue weighted by atomic mass is 16.5. The molecule has 5 heterocycles. The van der Waals surface area contributed by atoms with Crippen LogP contribution in [0.5, 0.6) is 34.5 Å². The van der Waals surface area contributed by atoms with E-state index in [9.17, 15) is 0 Å². The molecule has 240 valence electrons. The molecule has 0 amide bonds. The number of para-hydroxylation sites is 3. The summed E-state index contributed by atoms with van der Waals surface area (Å²) in [5.41, 5.74) is 12.2. The van der Waals surface area contributed by atoms with E-state index in [1.54, 1.807) is 0 Å². The third-order valence-electron chi connectivity index (χ3n) is 11.5. The van der Waals surface area contributed by atoms with E-state index in [1.165, 1.54) is 32.9 Å². The van der Waals surface area contributed by atoms with Crippen LogP contribution in [-0.4, -0.2) is 11.3 Å². The first-order valence-electron chi connectivity index (χ1n) is 17.5. The third-order valence-corrected chi connectivity index (χ3v) is 11.5. The summed E-state index contributed by atoms with van der Waals surface area (Å²) in [5, 5.41) is 2.49. The molecule has 4 aliphatic heterocycles. The van der Waals surface area contributed by atoms with Crippen LogP contribution in [0.2, 0.25) is 0 Å². The average Bonchev–Trinajstić information content (AvgIpc) is 3.48. The van der Waals surface area contributed by atoms with E-state index in [1.807, 2.05) is 36.4 Å². The monoisotopic (exact) mass is 656 g/mol. The van der Waals surface area contributed by atoms with E-state index in [2.05, 4.69) is 126 Å². The molecule has 1 aromatic heterocycles. The number of ether oxygens (including phenoxy) is 3. The van der Waals surface area contributed by atoms with Gasteiger partial charge in [-0.2, -0.15) is 0 Å². The third kappa shape index (κ3) is 3.46. The highest BCUT2D eigenvalue weighted by molar-refractivity contribution is 6.99. The Morgan fingerprint density at radius 1 is 0.451 bits per heavy atom. The quantitative estimate of drug-likeness (QED) is 0.174. The molecule has 6 heteroatoms. The molecular formula is C45H29BN2O3. The number of benzene rings is 7. The van der Waals surface area contributed by atoms with Crippen molar-refractivity contribution in [1.29, 1.82) is 0 Å². The van der Waals surface area contributed by atoms with E-state index in [4.69, 9.17) is 14.2 Å². The van der Waals surface area contributed by atoms with Crippen molar-refractivity contribution in [2.45, 2.75) is 19.3 Å². The minimum absolute atomic E-state index is 0.0289. The summed E-state index contributed by atoms with van der Waals surface area (Å²) in [7, 11) is 0. The van der Waals surface area contributed by atoms with Gasteiger partial charge in [0.2, 0.25) is 0 Å². The lowest BCUT2D eigenvalue weighted by Gasteiger charge is -2.43. The second-order valence-electron chi connectivity index (χ2n) is 14.5. The maximum Gasteiger partial charge on any atom is 0.270 e. The number of aromatic nitrogens is 1. The van der Waals surface area contributed by atoms with Gasteiger partial charge in [-0.15, -0.1) is 0 Å². The van der Waals surface area contributed by atoms with Crippen LogP contribution in [0.15, 0.2) is 140 Å². The van der Waals surface area contributed by atoms with Crippen LogP contribution >= 0.6 is 0 Å².